The van der Waals surface area contributed by atoms with Gasteiger partial charge in [-0.3, -0.25) is 4.79 Å². The minimum absolute atomic E-state index is 0.0762. The molecule has 1 heterocycles. The zero-order valence-electron chi connectivity index (χ0n) is 13.8. The highest BCUT2D eigenvalue weighted by Crippen LogP contribution is 2.29. The van der Waals surface area contributed by atoms with Gasteiger partial charge in [0.1, 0.15) is 5.01 Å². The highest BCUT2D eigenvalue weighted by Gasteiger charge is 2.07. The second kappa shape index (κ2) is 7.40. The van der Waals surface area contributed by atoms with E-state index in [1.165, 1.54) is 4.70 Å². The Morgan fingerprint density at radius 2 is 1.69 bits per heavy atom. The largest absolute Gasteiger partial charge is 0.348 e. The van der Waals surface area contributed by atoms with E-state index in [9.17, 15) is 4.79 Å². The van der Waals surface area contributed by atoms with Gasteiger partial charge >= 0.3 is 0 Å². The van der Waals surface area contributed by atoms with E-state index < -0.39 is 0 Å². The van der Waals surface area contributed by atoms with Crippen LogP contribution in [0, 0.1) is 0 Å². The molecule has 5 heteroatoms. The minimum Gasteiger partial charge on any atom is -0.348 e. The zero-order chi connectivity index (χ0) is 17.9. The maximum atomic E-state index is 12.2. The minimum atomic E-state index is -0.0762. The SMILES string of the molecule is O=C(NCc1ccc(-c2nc3ccccc3s2)cc1)c1ccc(Br)cc1. The number of hydrogen-bond acceptors (Lipinski definition) is 3. The summed E-state index contributed by atoms with van der Waals surface area (Å²) in [5.74, 6) is -0.0762. The lowest BCUT2D eigenvalue weighted by molar-refractivity contribution is 0.0951. The number of fused-ring (bicyclic) bond motifs is 1. The molecule has 0 fully saturated rings. The van der Waals surface area contributed by atoms with Gasteiger partial charge in [0.05, 0.1) is 10.2 Å². The predicted molar refractivity (Wildman–Crippen MR) is 110 cm³/mol. The number of thiazole rings is 1. The third-order valence-corrected chi connectivity index (χ3v) is 5.67. The van der Waals surface area contributed by atoms with Gasteiger partial charge in [-0.15, -0.1) is 11.3 Å². The molecule has 4 rings (SSSR count). The molecule has 128 valence electrons. The van der Waals surface area contributed by atoms with E-state index in [2.05, 4.69) is 44.4 Å². The average molecular weight is 423 g/mol. The van der Waals surface area contributed by atoms with Crippen LogP contribution in [-0.2, 0) is 6.54 Å². The van der Waals surface area contributed by atoms with Gasteiger partial charge in [0.25, 0.3) is 5.91 Å². The van der Waals surface area contributed by atoms with Crippen LogP contribution in [0.3, 0.4) is 0 Å². The first kappa shape index (κ1) is 16.9. The van der Waals surface area contributed by atoms with Crippen LogP contribution in [0.25, 0.3) is 20.8 Å². The van der Waals surface area contributed by atoms with E-state index in [-0.39, 0.29) is 5.91 Å². The Morgan fingerprint density at radius 1 is 0.962 bits per heavy atom. The molecule has 1 N–H and O–H groups in total. The molecular weight excluding hydrogens is 408 g/mol. The van der Waals surface area contributed by atoms with E-state index in [0.29, 0.717) is 12.1 Å². The molecule has 0 aliphatic carbocycles. The van der Waals surface area contributed by atoms with Crippen LogP contribution in [0.15, 0.2) is 77.3 Å². The molecule has 0 bridgehead atoms. The van der Waals surface area contributed by atoms with Crippen molar-refractivity contribution in [2.75, 3.05) is 0 Å². The summed E-state index contributed by atoms with van der Waals surface area (Å²) in [4.78, 5) is 16.9. The zero-order valence-corrected chi connectivity index (χ0v) is 16.2. The fourth-order valence-corrected chi connectivity index (χ4v) is 3.88. The standard InChI is InChI=1S/C21H15BrN2OS/c22-17-11-9-15(10-12-17)20(25)23-13-14-5-7-16(8-6-14)21-24-18-3-1-2-4-19(18)26-21/h1-12H,13H2,(H,23,25). The summed E-state index contributed by atoms with van der Waals surface area (Å²) >= 11 is 5.06. The van der Waals surface area contributed by atoms with Gasteiger partial charge in [-0.05, 0) is 42.0 Å². The Labute approximate surface area is 163 Å². The van der Waals surface area contributed by atoms with Gasteiger partial charge in [-0.25, -0.2) is 4.98 Å². The highest BCUT2D eigenvalue weighted by molar-refractivity contribution is 9.10. The Hall–Kier alpha value is -2.50. The fourth-order valence-electron chi connectivity index (χ4n) is 2.65. The van der Waals surface area contributed by atoms with Crippen LogP contribution < -0.4 is 5.32 Å². The van der Waals surface area contributed by atoms with Crippen LogP contribution in [0.2, 0.25) is 0 Å². The van der Waals surface area contributed by atoms with Crippen molar-refractivity contribution in [2.24, 2.45) is 0 Å². The number of rotatable bonds is 4. The number of halogens is 1. The quantitative estimate of drug-likeness (QED) is 0.461. The number of benzene rings is 3. The second-order valence-corrected chi connectivity index (χ2v) is 7.82. The lowest BCUT2D eigenvalue weighted by Gasteiger charge is -2.06. The molecule has 0 unspecified atom stereocenters. The lowest BCUT2D eigenvalue weighted by Crippen LogP contribution is -2.22. The number of nitrogens with one attached hydrogen (secondary N) is 1. The monoisotopic (exact) mass is 422 g/mol. The first-order chi connectivity index (χ1) is 12.7. The number of aromatic nitrogens is 1. The smallest absolute Gasteiger partial charge is 0.251 e. The van der Waals surface area contributed by atoms with Crippen molar-refractivity contribution in [1.29, 1.82) is 0 Å². The molecule has 0 radical (unpaired) electrons. The van der Waals surface area contributed by atoms with Crippen LogP contribution in [0.1, 0.15) is 15.9 Å². The van der Waals surface area contributed by atoms with Crippen LogP contribution in [0.4, 0.5) is 0 Å². The van der Waals surface area contributed by atoms with Crippen LogP contribution >= 0.6 is 27.3 Å². The van der Waals surface area contributed by atoms with E-state index in [1.807, 2.05) is 42.5 Å². The Bertz CT molecular complexity index is 1020. The number of amides is 1. The van der Waals surface area contributed by atoms with Crippen molar-refractivity contribution in [1.82, 2.24) is 10.3 Å². The summed E-state index contributed by atoms with van der Waals surface area (Å²) in [5, 5.41) is 3.96. The van der Waals surface area contributed by atoms with Gasteiger partial charge in [0, 0.05) is 22.1 Å². The number of hydrogen-bond donors (Lipinski definition) is 1. The fraction of sp³-hybridized carbons (Fsp3) is 0.0476. The van der Waals surface area contributed by atoms with Crippen molar-refractivity contribution in [3.8, 4) is 10.6 Å². The van der Waals surface area contributed by atoms with Crippen LogP contribution in [-0.4, -0.2) is 10.9 Å². The van der Waals surface area contributed by atoms with Crippen molar-refractivity contribution in [3.05, 3.63) is 88.4 Å². The van der Waals surface area contributed by atoms with E-state index in [0.717, 1.165) is 26.1 Å². The van der Waals surface area contributed by atoms with Crippen molar-refractivity contribution in [2.45, 2.75) is 6.54 Å². The second-order valence-electron chi connectivity index (χ2n) is 5.87. The molecule has 0 aliphatic rings. The number of carbonyl (C=O) groups is 1. The van der Waals surface area contributed by atoms with Gasteiger partial charge in [-0.2, -0.15) is 0 Å². The third kappa shape index (κ3) is 3.69. The molecule has 3 aromatic carbocycles. The van der Waals surface area contributed by atoms with E-state index in [4.69, 9.17) is 0 Å². The van der Waals surface area contributed by atoms with Crippen molar-refractivity contribution in [3.63, 3.8) is 0 Å². The van der Waals surface area contributed by atoms with Crippen LogP contribution in [0.5, 0.6) is 0 Å². The predicted octanol–water partition coefficient (Wildman–Crippen LogP) is 5.66. The summed E-state index contributed by atoms with van der Waals surface area (Å²) in [7, 11) is 0. The van der Waals surface area contributed by atoms with Gasteiger partial charge < -0.3 is 5.32 Å². The molecule has 3 nitrogen and oxygen atoms in total. The lowest BCUT2D eigenvalue weighted by atomic mass is 10.1. The molecular formula is C21H15BrN2OS. The number of carbonyl (C=O) groups excluding carboxylic acids is 1. The molecule has 0 spiro atoms. The third-order valence-electron chi connectivity index (χ3n) is 4.05. The average Bonchev–Trinajstić information content (AvgIpc) is 3.11. The molecule has 26 heavy (non-hydrogen) atoms. The summed E-state index contributed by atoms with van der Waals surface area (Å²) in [6, 6.07) is 23.6. The van der Waals surface area contributed by atoms with Gasteiger partial charge in [-0.1, -0.05) is 52.3 Å². The number of nitrogens with zero attached hydrogens (tertiary/aromatic N) is 1. The number of para-hydroxylation sites is 1. The molecule has 0 saturated heterocycles. The topological polar surface area (TPSA) is 42.0 Å². The van der Waals surface area contributed by atoms with Crippen molar-refractivity contribution >= 4 is 43.4 Å². The maximum absolute atomic E-state index is 12.2. The van der Waals surface area contributed by atoms with Gasteiger partial charge in [0.2, 0.25) is 0 Å². The molecule has 4 aromatic rings. The first-order valence-corrected chi connectivity index (χ1v) is 9.79. The Morgan fingerprint density at radius 3 is 2.42 bits per heavy atom. The Balaban J connectivity index is 1.44. The molecule has 0 aliphatic heterocycles. The normalized spacial score (nSPS) is 10.8. The summed E-state index contributed by atoms with van der Waals surface area (Å²) in [6.45, 7) is 0.495. The van der Waals surface area contributed by atoms with E-state index >= 15 is 0 Å². The summed E-state index contributed by atoms with van der Waals surface area (Å²) in [6.07, 6.45) is 0. The first-order valence-electron chi connectivity index (χ1n) is 8.18. The summed E-state index contributed by atoms with van der Waals surface area (Å²) in [5.41, 5.74) is 3.83. The molecule has 1 aromatic heterocycles. The summed E-state index contributed by atoms with van der Waals surface area (Å²) < 4.78 is 2.15. The highest BCUT2D eigenvalue weighted by atomic mass is 79.9. The molecule has 0 saturated carbocycles. The van der Waals surface area contributed by atoms with Gasteiger partial charge in [0.15, 0.2) is 0 Å². The van der Waals surface area contributed by atoms with Crippen molar-refractivity contribution < 1.29 is 4.79 Å². The van der Waals surface area contributed by atoms with E-state index in [1.54, 1.807) is 23.5 Å². The maximum Gasteiger partial charge on any atom is 0.251 e. The molecule has 0 atom stereocenters. The Kier molecular flexibility index (Phi) is 4.82. The molecule has 1 amide bonds.